The maximum atomic E-state index is 10.6. The first-order valence-electron chi connectivity index (χ1n) is 11.1. The summed E-state index contributed by atoms with van der Waals surface area (Å²) in [7, 11) is 0. The van der Waals surface area contributed by atoms with Crippen molar-refractivity contribution in [2.75, 3.05) is 36.5 Å². The summed E-state index contributed by atoms with van der Waals surface area (Å²) in [6.45, 7) is 3.41. The van der Waals surface area contributed by atoms with E-state index in [-0.39, 0.29) is 0 Å². The number of carboxylic acids is 1. The zero-order valence-corrected chi connectivity index (χ0v) is 19.3. The third-order valence-electron chi connectivity index (χ3n) is 5.18. The van der Waals surface area contributed by atoms with E-state index in [9.17, 15) is 13.2 Å². The van der Waals surface area contributed by atoms with E-state index < -0.39 is 12.1 Å². The number of morpholine rings is 1. The minimum absolute atomic E-state index is 0.631. The smallest absolute Gasteiger partial charge is 0.475 e. The minimum atomic E-state index is -5.08. The number of halogens is 3. The molecule has 0 aliphatic carbocycles. The van der Waals surface area contributed by atoms with Crippen LogP contribution >= 0.6 is 0 Å². The van der Waals surface area contributed by atoms with Crippen molar-refractivity contribution in [3.8, 4) is 17.1 Å². The van der Waals surface area contributed by atoms with Gasteiger partial charge < -0.3 is 20.1 Å². The molecule has 1 saturated heterocycles. The van der Waals surface area contributed by atoms with Gasteiger partial charge in [-0.3, -0.25) is 4.98 Å². The van der Waals surface area contributed by atoms with Gasteiger partial charge in [-0.1, -0.05) is 0 Å². The molecular formula is C24H22F3N7O3. The molecule has 1 fully saturated rings. The Morgan fingerprint density at radius 1 is 1.00 bits per heavy atom. The number of alkyl halides is 3. The number of carboxylic acid groups (broad SMARTS) is 1. The van der Waals surface area contributed by atoms with Crippen LogP contribution in [0.1, 0.15) is 0 Å². The molecule has 5 rings (SSSR count). The van der Waals surface area contributed by atoms with Gasteiger partial charge in [-0.2, -0.15) is 13.2 Å². The molecule has 4 aromatic rings. The van der Waals surface area contributed by atoms with Crippen LogP contribution in [0.5, 0.6) is 0 Å². The van der Waals surface area contributed by atoms with E-state index in [1.807, 2.05) is 24.3 Å². The van der Waals surface area contributed by atoms with Crippen LogP contribution < -0.4 is 10.2 Å². The first-order valence-corrected chi connectivity index (χ1v) is 11.1. The fourth-order valence-corrected chi connectivity index (χ4v) is 3.37. The summed E-state index contributed by atoms with van der Waals surface area (Å²) in [5, 5.41) is 15.0. The number of rotatable bonds is 5. The topological polar surface area (TPSA) is 118 Å². The summed E-state index contributed by atoms with van der Waals surface area (Å²) >= 11 is 0. The highest BCUT2D eigenvalue weighted by Crippen LogP contribution is 2.23. The number of ether oxygens (including phenoxy) is 1. The fourth-order valence-electron chi connectivity index (χ4n) is 3.37. The van der Waals surface area contributed by atoms with Crippen LogP contribution in [0.2, 0.25) is 0 Å². The van der Waals surface area contributed by atoms with E-state index in [4.69, 9.17) is 14.6 Å². The molecule has 1 aromatic carbocycles. The molecule has 1 aliphatic rings. The van der Waals surface area contributed by atoms with Gasteiger partial charge in [-0.05, 0) is 48.5 Å². The number of pyridine rings is 2. The second-order valence-corrected chi connectivity index (χ2v) is 7.73. The third-order valence-corrected chi connectivity index (χ3v) is 5.18. The molecule has 10 nitrogen and oxygen atoms in total. The van der Waals surface area contributed by atoms with Crippen molar-refractivity contribution >= 4 is 23.2 Å². The standard InChI is InChI=1S/C22H21N7O.C2HF3O2/c1-2-20(15-23-8-1)29-16-25-22(27-29)17-7-9-24-21(14-17)26-18-3-5-19(6-4-18)28-10-12-30-13-11-28;3-2(4,5)1(6)7/h1-9,14-16H,10-13H2,(H,24,26);(H,6,7). The predicted molar refractivity (Wildman–Crippen MR) is 129 cm³/mol. The monoisotopic (exact) mass is 513 g/mol. The lowest BCUT2D eigenvalue weighted by molar-refractivity contribution is -0.192. The number of hydrogen-bond donors (Lipinski definition) is 2. The highest BCUT2D eigenvalue weighted by Gasteiger charge is 2.38. The zero-order valence-electron chi connectivity index (χ0n) is 19.3. The molecule has 0 radical (unpaired) electrons. The van der Waals surface area contributed by atoms with E-state index in [0.717, 1.165) is 49.1 Å². The number of benzene rings is 1. The molecule has 0 bridgehead atoms. The highest BCUT2D eigenvalue weighted by molar-refractivity contribution is 5.73. The van der Waals surface area contributed by atoms with Crippen molar-refractivity contribution < 1.29 is 27.8 Å². The lowest BCUT2D eigenvalue weighted by Gasteiger charge is -2.28. The molecule has 192 valence electrons. The Hall–Kier alpha value is -4.52. The van der Waals surface area contributed by atoms with Crippen LogP contribution in [-0.2, 0) is 9.53 Å². The molecular weight excluding hydrogens is 491 g/mol. The van der Waals surface area contributed by atoms with Crippen molar-refractivity contribution in [1.29, 1.82) is 0 Å². The average molecular weight is 513 g/mol. The largest absolute Gasteiger partial charge is 0.490 e. The summed E-state index contributed by atoms with van der Waals surface area (Å²) < 4.78 is 38.9. The van der Waals surface area contributed by atoms with Gasteiger partial charge in [0, 0.05) is 42.4 Å². The number of nitrogens with one attached hydrogen (secondary N) is 1. The lowest BCUT2D eigenvalue weighted by Crippen LogP contribution is -2.36. The molecule has 0 atom stereocenters. The van der Waals surface area contributed by atoms with Crippen LogP contribution in [0, 0.1) is 0 Å². The lowest BCUT2D eigenvalue weighted by atomic mass is 10.2. The van der Waals surface area contributed by atoms with Crippen molar-refractivity contribution in [3.05, 3.63) is 73.4 Å². The Morgan fingerprint density at radius 2 is 1.73 bits per heavy atom. The fraction of sp³-hybridized carbons (Fsp3) is 0.208. The second kappa shape index (κ2) is 11.5. The van der Waals surface area contributed by atoms with Crippen LogP contribution in [0.4, 0.5) is 30.4 Å². The van der Waals surface area contributed by atoms with E-state index in [1.165, 1.54) is 5.69 Å². The number of carbonyl (C=O) groups is 1. The SMILES string of the molecule is O=C(O)C(F)(F)F.c1cncc(-n2cnc(-c3ccnc(Nc4ccc(N5CCOCC5)cc4)c3)n2)c1. The van der Waals surface area contributed by atoms with E-state index >= 15 is 0 Å². The molecule has 37 heavy (non-hydrogen) atoms. The number of aliphatic carboxylic acids is 1. The number of aromatic nitrogens is 5. The van der Waals surface area contributed by atoms with Gasteiger partial charge in [0.2, 0.25) is 0 Å². The molecule has 1 aliphatic heterocycles. The van der Waals surface area contributed by atoms with Gasteiger partial charge in [0.05, 0.1) is 25.1 Å². The second-order valence-electron chi connectivity index (χ2n) is 7.73. The molecule has 0 spiro atoms. The quantitative estimate of drug-likeness (QED) is 0.409. The Labute approximate surface area is 209 Å². The van der Waals surface area contributed by atoms with Crippen LogP contribution in [0.3, 0.4) is 0 Å². The summed E-state index contributed by atoms with van der Waals surface area (Å²) in [5.41, 5.74) is 3.94. The number of hydrogen-bond acceptors (Lipinski definition) is 8. The summed E-state index contributed by atoms with van der Waals surface area (Å²) in [6, 6.07) is 16.0. The van der Waals surface area contributed by atoms with E-state index in [1.54, 1.807) is 29.6 Å². The summed E-state index contributed by atoms with van der Waals surface area (Å²) in [5.74, 6) is -1.39. The van der Waals surface area contributed by atoms with Gasteiger partial charge >= 0.3 is 12.1 Å². The number of anilines is 3. The van der Waals surface area contributed by atoms with Crippen LogP contribution in [-0.4, -0.2) is 68.3 Å². The summed E-state index contributed by atoms with van der Waals surface area (Å²) in [4.78, 5) is 24.2. The molecule has 0 amide bonds. The normalized spacial score (nSPS) is 13.4. The van der Waals surface area contributed by atoms with Crippen LogP contribution in [0.25, 0.3) is 17.1 Å². The Balaban J connectivity index is 0.000000405. The van der Waals surface area contributed by atoms with E-state index in [2.05, 4.69) is 54.5 Å². The molecule has 4 heterocycles. The van der Waals surface area contributed by atoms with E-state index in [0.29, 0.717) is 5.82 Å². The van der Waals surface area contributed by atoms with Crippen molar-refractivity contribution in [1.82, 2.24) is 24.7 Å². The molecule has 13 heteroatoms. The molecule has 2 N–H and O–H groups in total. The van der Waals surface area contributed by atoms with Crippen LogP contribution in [0.15, 0.2) is 73.4 Å². The van der Waals surface area contributed by atoms with Gasteiger partial charge in [0.1, 0.15) is 12.1 Å². The molecule has 0 saturated carbocycles. The van der Waals surface area contributed by atoms with Crippen molar-refractivity contribution in [3.63, 3.8) is 0 Å². The maximum Gasteiger partial charge on any atom is 0.490 e. The molecule has 3 aromatic heterocycles. The van der Waals surface area contributed by atoms with Gasteiger partial charge in [-0.15, -0.1) is 5.10 Å². The average Bonchev–Trinajstić information content (AvgIpc) is 3.41. The van der Waals surface area contributed by atoms with Gasteiger partial charge in [0.15, 0.2) is 5.82 Å². The first-order chi connectivity index (χ1) is 17.8. The third kappa shape index (κ3) is 7.01. The van der Waals surface area contributed by atoms with Crippen molar-refractivity contribution in [2.45, 2.75) is 6.18 Å². The minimum Gasteiger partial charge on any atom is -0.475 e. The van der Waals surface area contributed by atoms with Gasteiger partial charge in [-0.25, -0.2) is 19.4 Å². The van der Waals surface area contributed by atoms with Crippen molar-refractivity contribution in [2.24, 2.45) is 0 Å². The van der Waals surface area contributed by atoms with Gasteiger partial charge in [0.25, 0.3) is 0 Å². The molecule has 0 unspecified atom stereocenters. The highest BCUT2D eigenvalue weighted by atomic mass is 19.4. The maximum absolute atomic E-state index is 10.6. The zero-order chi connectivity index (χ0) is 26.3. The Morgan fingerprint density at radius 3 is 2.38 bits per heavy atom. The predicted octanol–water partition coefficient (Wildman–Crippen LogP) is 3.94. The first kappa shape index (κ1) is 25.6. The Bertz CT molecular complexity index is 1310. The summed E-state index contributed by atoms with van der Waals surface area (Å²) in [6.07, 6.45) is 1.84. The number of nitrogens with zero attached hydrogens (tertiary/aromatic N) is 6. The Kier molecular flexibility index (Phi) is 7.93.